The molecule has 0 bridgehead atoms. The summed E-state index contributed by atoms with van der Waals surface area (Å²) < 4.78 is 10.4. The Morgan fingerprint density at radius 2 is 2.00 bits per heavy atom. The molecule has 124 valence electrons. The second-order valence-corrected chi connectivity index (χ2v) is 5.36. The minimum atomic E-state index is -0.306. The second kappa shape index (κ2) is 6.19. The standard InChI is InChI=1S/C17H18N4O3/c1-9-7-14(24-4)18-8-12(9)21-17(22)15-13(23-3)6-5-11-16(15)20-10(2)19-11/h5-8H,1-4H3,(H,19,20)(H,21,22). The number of carbonyl (C=O) groups is 1. The third-order valence-corrected chi connectivity index (χ3v) is 3.72. The smallest absolute Gasteiger partial charge is 0.261 e. The van der Waals surface area contributed by atoms with Crippen LogP contribution in [0.3, 0.4) is 0 Å². The predicted octanol–water partition coefficient (Wildman–Crippen LogP) is 2.84. The van der Waals surface area contributed by atoms with Crippen LogP contribution in [0.2, 0.25) is 0 Å². The molecule has 3 aromatic rings. The van der Waals surface area contributed by atoms with Gasteiger partial charge in [0.1, 0.15) is 22.7 Å². The summed E-state index contributed by atoms with van der Waals surface area (Å²) in [5.41, 5.74) is 3.19. The van der Waals surface area contributed by atoms with Crippen LogP contribution in [0, 0.1) is 13.8 Å². The summed E-state index contributed by atoms with van der Waals surface area (Å²) in [6.07, 6.45) is 1.56. The molecule has 0 aliphatic rings. The fraction of sp³-hybridized carbons (Fsp3) is 0.235. The maximum Gasteiger partial charge on any atom is 0.261 e. The lowest BCUT2D eigenvalue weighted by Gasteiger charge is -2.12. The number of nitrogens with one attached hydrogen (secondary N) is 2. The van der Waals surface area contributed by atoms with Crippen LogP contribution in [-0.4, -0.2) is 35.1 Å². The van der Waals surface area contributed by atoms with Crippen molar-refractivity contribution in [1.29, 1.82) is 0 Å². The van der Waals surface area contributed by atoms with Gasteiger partial charge in [-0.25, -0.2) is 9.97 Å². The Bertz CT molecular complexity index is 918. The van der Waals surface area contributed by atoms with Gasteiger partial charge in [0, 0.05) is 6.07 Å². The summed E-state index contributed by atoms with van der Waals surface area (Å²) in [7, 11) is 3.07. The van der Waals surface area contributed by atoms with E-state index in [1.165, 1.54) is 7.11 Å². The molecule has 7 heteroatoms. The van der Waals surface area contributed by atoms with Crippen molar-refractivity contribution >= 4 is 22.6 Å². The maximum absolute atomic E-state index is 12.8. The molecule has 0 saturated carbocycles. The number of aryl methyl sites for hydroxylation is 2. The van der Waals surface area contributed by atoms with E-state index < -0.39 is 0 Å². The van der Waals surface area contributed by atoms with Gasteiger partial charge in [0.25, 0.3) is 5.91 Å². The Balaban J connectivity index is 2.02. The monoisotopic (exact) mass is 326 g/mol. The molecule has 1 aromatic carbocycles. The highest BCUT2D eigenvalue weighted by molar-refractivity contribution is 6.13. The molecule has 0 atom stereocenters. The van der Waals surface area contributed by atoms with E-state index in [-0.39, 0.29) is 5.91 Å². The van der Waals surface area contributed by atoms with Gasteiger partial charge < -0.3 is 19.8 Å². The summed E-state index contributed by atoms with van der Waals surface area (Å²) in [6, 6.07) is 5.34. The molecular weight excluding hydrogens is 308 g/mol. The average molecular weight is 326 g/mol. The number of anilines is 1. The number of rotatable bonds is 4. The molecule has 0 radical (unpaired) electrons. The fourth-order valence-corrected chi connectivity index (χ4v) is 2.53. The highest BCUT2D eigenvalue weighted by Gasteiger charge is 2.20. The average Bonchev–Trinajstić information content (AvgIpc) is 2.95. The van der Waals surface area contributed by atoms with Crippen molar-refractivity contribution in [3.8, 4) is 11.6 Å². The highest BCUT2D eigenvalue weighted by Crippen LogP contribution is 2.28. The lowest BCUT2D eigenvalue weighted by molar-refractivity contribution is 0.102. The minimum absolute atomic E-state index is 0.306. The van der Waals surface area contributed by atoms with E-state index in [2.05, 4.69) is 20.3 Å². The molecule has 0 aliphatic carbocycles. The molecule has 7 nitrogen and oxygen atoms in total. The Kier molecular flexibility index (Phi) is 4.07. The van der Waals surface area contributed by atoms with Crippen LogP contribution in [0.25, 0.3) is 11.0 Å². The zero-order chi connectivity index (χ0) is 17.3. The zero-order valence-electron chi connectivity index (χ0n) is 13.9. The molecule has 0 unspecified atom stereocenters. The summed E-state index contributed by atoms with van der Waals surface area (Å²) in [5.74, 6) is 1.38. The SMILES string of the molecule is COc1cc(C)c(NC(=O)c2c(OC)ccc3[nH]c(C)nc23)cn1. The normalized spacial score (nSPS) is 10.7. The number of H-pyrrole nitrogens is 1. The molecule has 24 heavy (non-hydrogen) atoms. The molecule has 0 spiro atoms. The molecule has 0 fully saturated rings. The van der Waals surface area contributed by atoms with Crippen LogP contribution in [0.5, 0.6) is 11.6 Å². The summed E-state index contributed by atoms with van der Waals surface area (Å²) in [4.78, 5) is 24.5. The number of nitrogens with zero attached hydrogens (tertiary/aromatic N) is 2. The van der Waals surface area contributed by atoms with Crippen molar-refractivity contribution in [1.82, 2.24) is 15.0 Å². The minimum Gasteiger partial charge on any atom is -0.496 e. The number of hydrogen-bond acceptors (Lipinski definition) is 5. The molecule has 1 amide bonds. The Morgan fingerprint density at radius 1 is 1.21 bits per heavy atom. The molecule has 0 saturated heterocycles. The molecule has 3 rings (SSSR count). The number of fused-ring (bicyclic) bond motifs is 1. The van der Waals surface area contributed by atoms with Gasteiger partial charge in [-0.15, -0.1) is 0 Å². The van der Waals surface area contributed by atoms with E-state index in [4.69, 9.17) is 9.47 Å². The summed E-state index contributed by atoms with van der Waals surface area (Å²) in [6.45, 7) is 3.71. The third-order valence-electron chi connectivity index (χ3n) is 3.72. The maximum atomic E-state index is 12.8. The van der Waals surface area contributed by atoms with Gasteiger partial charge in [-0.05, 0) is 31.5 Å². The molecule has 2 N–H and O–H groups in total. The van der Waals surface area contributed by atoms with Crippen molar-refractivity contribution in [2.24, 2.45) is 0 Å². The van der Waals surface area contributed by atoms with Gasteiger partial charge in [-0.2, -0.15) is 0 Å². The number of aromatic amines is 1. The van der Waals surface area contributed by atoms with Crippen molar-refractivity contribution in [3.05, 3.63) is 41.3 Å². The summed E-state index contributed by atoms with van der Waals surface area (Å²) in [5, 5.41) is 2.86. The van der Waals surface area contributed by atoms with Gasteiger partial charge in [0.15, 0.2) is 0 Å². The van der Waals surface area contributed by atoms with Crippen LogP contribution in [-0.2, 0) is 0 Å². The Morgan fingerprint density at radius 3 is 2.67 bits per heavy atom. The topological polar surface area (TPSA) is 89.1 Å². The van der Waals surface area contributed by atoms with Crippen LogP contribution in [0.4, 0.5) is 5.69 Å². The number of benzene rings is 1. The van der Waals surface area contributed by atoms with Gasteiger partial charge in [0.05, 0.1) is 31.6 Å². The second-order valence-electron chi connectivity index (χ2n) is 5.36. The van der Waals surface area contributed by atoms with Gasteiger partial charge in [-0.3, -0.25) is 4.79 Å². The zero-order valence-corrected chi connectivity index (χ0v) is 13.9. The quantitative estimate of drug-likeness (QED) is 0.769. The first kappa shape index (κ1) is 15.8. The van der Waals surface area contributed by atoms with E-state index in [1.54, 1.807) is 25.4 Å². The van der Waals surface area contributed by atoms with E-state index in [1.807, 2.05) is 19.9 Å². The van der Waals surface area contributed by atoms with Gasteiger partial charge in [-0.1, -0.05) is 0 Å². The summed E-state index contributed by atoms with van der Waals surface area (Å²) >= 11 is 0. The first-order chi connectivity index (χ1) is 11.5. The van der Waals surface area contributed by atoms with E-state index >= 15 is 0 Å². The van der Waals surface area contributed by atoms with E-state index in [0.29, 0.717) is 28.4 Å². The number of imidazole rings is 1. The number of aromatic nitrogens is 3. The van der Waals surface area contributed by atoms with E-state index in [9.17, 15) is 4.79 Å². The van der Waals surface area contributed by atoms with Crippen molar-refractivity contribution < 1.29 is 14.3 Å². The first-order valence-corrected chi connectivity index (χ1v) is 7.38. The highest BCUT2D eigenvalue weighted by atomic mass is 16.5. The molecule has 0 aliphatic heterocycles. The third kappa shape index (κ3) is 2.76. The Hall–Kier alpha value is -3.09. The van der Waals surface area contributed by atoms with Crippen LogP contribution >= 0.6 is 0 Å². The van der Waals surface area contributed by atoms with Gasteiger partial charge >= 0.3 is 0 Å². The van der Waals surface area contributed by atoms with Gasteiger partial charge in [0.2, 0.25) is 5.88 Å². The van der Waals surface area contributed by atoms with Crippen LogP contribution < -0.4 is 14.8 Å². The van der Waals surface area contributed by atoms with Crippen molar-refractivity contribution in [2.75, 3.05) is 19.5 Å². The van der Waals surface area contributed by atoms with Crippen LogP contribution in [0.1, 0.15) is 21.7 Å². The van der Waals surface area contributed by atoms with E-state index in [0.717, 1.165) is 16.9 Å². The van der Waals surface area contributed by atoms with Crippen molar-refractivity contribution in [2.45, 2.75) is 13.8 Å². The number of carbonyl (C=O) groups excluding carboxylic acids is 1. The molecule has 2 aromatic heterocycles. The largest absolute Gasteiger partial charge is 0.496 e. The van der Waals surface area contributed by atoms with Crippen LogP contribution in [0.15, 0.2) is 24.4 Å². The number of methoxy groups -OCH3 is 2. The van der Waals surface area contributed by atoms with Crippen molar-refractivity contribution in [3.63, 3.8) is 0 Å². The number of hydrogen-bond donors (Lipinski definition) is 2. The Labute approximate surface area is 139 Å². The predicted molar refractivity (Wildman–Crippen MR) is 90.9 cm³/mol. The lowest BCUT2D eigenvalue weighted by Crippen LogP contribution is -2.15. The number of amides is 1. The fourth-order valence-electron chi connectivity index (χ4n) is 2.53. The molecular formula is C17H18N4O3. The first-order valence-electron chi connectivity index (χ1n) is 7.38. The number of ether oxygens (including phenoxy) is 2. The lowest BCUT2D eigenvalue weighted by atomic mass is 10.1. The molecule has 2 heterocycles. The number of pyridine rings is 1.